The van der Waals surface area contributed by atoms with Gasteiger partial charge >= 0.3 is 0 Å². The maximum Gasteiger partial charge on any atom is 0.197 e. The van der Waals surface area contributed by atoms with Gasteiger partial charge in [0.25, 0.3) is 0 Å². The van der Waals surface area contributed by atoms with Crippen LogP contribution in [0.4, 0.5) is 0 Å². The highest BCUT2D eigenvalue weighted by molar-refractivity contribution is 9.10. The average Bonchev–Trinajstić information content (AvgIpc) is 2.44. The quantitative estimate of drug-likeness (QED) is 0.654. The summed E-state index contributed by atoms with van der Waals surface area (Å²) in [6.45, 7) is 2.04. The minimum absolute atomic E-state index is 0.0725. The molecule has 0 unspecified atom stereocenters. The summed E-state index contributed by atoms with van der Waals surface area (Å²) in [5, 5.41) is 0.736. The second kappa shape index (κ2) is 4.91. The predicted molar refractivity (Wildman–Crippen MR) is 87.1 cm³/mol. The molecule has 0 atom stereocenters. The Morgan fingerprint density at radius 2 is 1.75 bits per heavy atom. The zero-order valence-electron chi connectivity index (χ0n) is 11.4. The highest BCUT2D eigenvalue weighted by atomic mass is 79.9. The van der Waals surface area contributed by atoms with Crippen LogP contribution in [-0.2, 0) is 7.05 Å². The van der Waals surface area contributed by atoms with Crippen LogP contribution in [0.1, 0.15) is 5.56 Å². The number of fused-ring (bicyclic) bond motifs is 1. The molecule has 1 aromatic heterocycles. The number of aryl methyl sites for hydroxylation is 2. The van der Waals surface area contributed by atoms with E-state index in [0.29, 0.717) is 0 Å². The van der Waals surface area contributed by atoms with Crippen molar-refractivity contribution in [3.05, 3.63) is 68.9 Å². The summed E-state index contributed by atoms with van der Waals surface area (Å²) < 4.78 is 2.92. The first-order valence-corrected chi connectivity index (χ1v) is 7.21. The number of aromatic nitrogens is 1. The first-order valence-electron chi connectivity index (χ1n) is 6.42. The summed E-state index contributed by atoms with van der Waals surface area (Å²) in [5.41, 5.74) is 3.89. The molecule has 0 amide bonds. The monoisotopic (exact) mass is 327 g/mol. The summed E-state index contributed by atoms with van der Waals surface area (Å²) in [6, 6.07) is 13.8. The Hall–Kier alpha value is -1.87. The zero-order valence-corrected chi connectivity index (χ0v) is 12.9. The van der Waals surface area contributed by atoms with Crippen LogP contribution in [0.15, 0.2) is 57.9 Å². The lowest BCUT2D eigenvalue weighted by Gasteiger charge is -2.10. The molecule has 0 N–H and O–H groups in total. The number of halogens is 1. The zero-order chi connectivity index (χ0) is 14.3. The molecule has 0 saturated carbocycles. The van der Waals surface area contributed by atoms with Crippen LogP contribution in [0, 0.1) is 6.92 Å². The van der Waals surface area contributed by atoms with Gasteiger partial charge in [-0.2, -0.15) is 0 Å². The lowest BCUT2D eigenvalue weighted by Crippen LogP contribution is -2.10. The van der Waals surface area contributed by atoms with Gasteiger partial charge in [-0.25, -0.2) is 0 Å². The molecular formula is C17H14BrNO. The van der Waals surface area contributed by atoms with E-state index in [1.54, 1.807) is 0 Å². The van der Waals surface area contributed by atoms with Crippen LogP contribution in [0.3, 0.4) is 0 Å². The average molecular weight is 328 g/mol. The second-order valence-electron chi connectivity index (χ2n) is 5.01. The van der Waals surface area contributed by atoms with Gasteiger partial charge in [-0.05, 0) is 30.7 Å². The van der Waals surface area contributed by atoms with Gasteiger partial charge in [-0.1, -0.05) is 45.8 Å². The Morgan fingerprint density at radius 3 is 2.45 bits per heavy atom. The summed E-state index contributed by atoms with van der Waals surface area (Å²) in [4.78, 5) is 12.7. The van der Waals surface area contributed by atoms with Crippen molar-refractivity contribution in [3.8, 4) is 11.1 Å². The van der Waals surface area contributed by atoms with Gasteiger partial charge in [0, 0.05) is 28.7 Å². The number of hydrogen-bond acceptors (Lipinski definition) is 1. The molecule has 100 valence electrons. The van der Waals surface area contributed by atoms with E-state index in [-0.39, 0.29) is 5.43 Å². The van der Waals surface area contributed by atoms with E-state index in [1.165, 1.54) is 5.56 Å². The van der Waals surface area contributed by atoms with Crippen molar-refractivity contribution < 1.29 is 0 Å². The van der Waals surface area contributed by atoms with Crippen LogP contribution >= 0.6 is 15.9 Å². The lowest BCUT2D eigenvalue weighted by atomic mass is 10.0. The maximum atomic E-state index is 12.7. The summed E-state index contributed by atoms with van der Waals surface area (Å²) >= 11 is 3.43. The number of benzene rings is 2. The molecule has 0 aliphatic rings. The van der Waals surface area contributed by atoms with Gasteiger partial charge < -0.3 is 4.57 Å². The van der Waals surface area contributed by atoms with Crippen LogP contribution < -0.4 is 5.43 Å². The standard InChI is InChI=1S/C17H14BrNO/c1-11-3-5-12(6-4-11)15-10-19(2)16-8-7-13(18)9-14(16)17(15)20/h3-10H,1-2H3. The lowest BCUT2D eigenvalue weighted by molar-refractivity contribution is 0.952. The third-order valence-corrected chi connectivity index (χ3v) is 4.01. The fourth-order valence-electron chi connectivity index (χ4n) is 2.40. The SMILES string of the molecule is Cc1ccc(-c2cn(C)c3ccc(Br)cc3c2=O)cc1. The Kier molecular flexibility index (Phi) is 3.22. The molecule has 1 heterocycles. The van der Waals surface area contributed by atoms with E-state index in [9.17, 15) is 4.79 Å². The van der Waals surface area contributed by atoms with E-state index >= 15 is 0 Å². The first kappa shape index (κ1) is 13.1. The van der Waals surface area contributed by atoms with E-state index in [2.05, 4.69) is 15.9 Å². The van der Waals surface area contributed by atoms with Crippen LogP contribution in [0.25, 0.3) is 22.0 Å². The van der Waals surface area contributed by atoms with Crippen LogP contribution in [-0.4, -0.2) is 4.57 Å². The molecule has 0 saturated heterocycles. The van der Waals surface area contributed by atoms with E-state index in [1.807, 2.05) is 67.2 Å². The Labute approximate surface area is 125 Å². The fraction of sp³-hybridized carbons (Fsp3) is 0.118. The Bertz CT molecular complexity index is 847. The molecule has 0 spiro atoms. The van der Waals surface area contributed by atoms with Crippen molar-refractivity contribution in [2.75, 3.05) is 0 Å². The van der Waals surface area contributed by atoms with E-state index < -0.39 is 0 Å². The highest BCUT2D eigenvalue weighted by Crippen LogP contribution is 2.22. The van der Waals surface area contributed by atoms with Crippen molar-refractivity contribution in [3.63, 3.8) is 0 Å². The Balaban J connectivity index is 2.35. The molecule has 0 fully saturated rings. The van der Waals surface area contributed by atoms with Crippen LogP contribution in [0.5, 0.6) is 0 Å². The summed E-state index contributed by atoms with van der Waals surface area (Å²) in [7, 11) is 1.97. The highest BCUT2D eigenvalue weighted by Gasteiger charge is 2.09. The van der Waals surface area contributed by atoms with Crippen LogP contribution in [0.2, 0.25) is 0 Å². The van der Waals surface area contributed by atoms with Gasteiger partial charge in [-0.15, -0.1) is 0 Å². The topological polar surface area (TPSA) is 22.0 Å². The Morgan fingerprint density at radius 1 is 1.05 bits per heavy atom. The number of nitrogens with zero attached hydrogens (tertiary/aromatic N) is 1. The predicted octanol–water partition coefficient (Wildman–Crippen LogP) is 4.28. The maximum absolute atomic E-state index is 12.7. The normalized spacial score (nSPS) is 10.9. The van der Waals surface area contributed by atoms with E-state index in [4.69, 9.17) is 0 Å². The summed E-state index contributed by atoms with van der Waals surface area (Å²) in [5.74, 6) is 0. The molecule has 20 heavy (non-hydrogen) atoms. The summed E-state index contributed by atoms with van der Waals surface area (Å²) in [6.07, 6.45) is 1.91. The number of rotatable bonds is 1. The third-order valence-electron chi connectivity index (χ3n) is 3.51. The van der Waals surface area contributed by atoms with Crippen molar-refractivity contribution in [2.45, 2.75) is 6.92 Å². The molecule has 0 aliphatic carbocycles. The molecule has 2 aromatic carbocycles. The third kappa shape index (κ3) is 2.18. The molecule has 0 radical (unpaired) electrons. The minimum atomic E-state index is 0.0725. The van der Waals surface area contributed by atoms with E-state index in [0.717, 1.165) is 26.5 Å². The van der Waals surface area contributed by atoms with Crippen molar-refractivity contribution >= 4 is 26.8 Å². The van der Waals surface area contributed by atoms with Gasteiger partial charge in [0.2, 0.25) is 0 Å². The molecule has 0 aliphatic heterocycles. The van der Waals surface area contributed by atoms with Gasteiger partial charge in [0.15, 0.2) is 5.43 Å². The number of pyridine rings is 1. The fourth-order valence-corrected chi connectivity index (χ4v) is 2.76. The van der Waals surface area contributed by atoms with Crippen molar-refractivity contribution in [2.24, 2.45) is 7.05 Å². The molecule has 3 heteroatoms. The molecule has 3 rings (SSSR count). The van der Waals surface area contributed by atoms with Crippen molar-refractivity contribution in [1.82, 2.24) is 4.57 Å². The molecule has 2 nitrogen and oxygen atoms in total. The van der Waals surface area contributed by atoms with Gasteiger partial charge in [-0.3, -0.25) is 4.79 Å². The first-order chi connectivity index (χ1) is 9.56. The second-order valence-corrected chi connectivity index (χ2v) is 5.93. The molecule has 3 aromatic rings. The molecular weight excluding hydrogens is 314 g/mol. The van der Waals surface area contributed by atoms with Gasteiger partial charge in [0.1, 0.15) is 0 Å². The van der Waals surface area contributed by atoms with Gasteiger partial charge in [0.05, 0.1) is 5.52 Å². The van der Waals surface area contributed by atoms with Crippen molar-refractivity contribution in [1.29, 1.82) is 0 Å². The molecule has 0 bridgehead atoms. The number of hydrogen-bond donors (Lipinski definition) is 0. The largest absolute Gasteiger partial charge is 0.350 e. The smallest absolute Gasteiger partial charge is 0.197 e. The minimum Gasteiger partial charge on any atom is -0.350 e.